The van der Waals surface area contributed by atoms with E-state index in [2.05, 4.69) is 5.32 Å². The van der Waals surface area contributed by atoms with Gasteiger partial charge in [0.1, 0.15) is 49.8 Å². The number of ether oxygens (including phenoxy) is 8. The molecule has 248 valence electrons. The Balaban J connectivity index is 3.53. The van der Waals surface area contributed by atoms with Gasteiger partial charge >= 0.3 is 23.9 Å². The van der Waals surface area contributed by atoms with Crippen LogP contribution in [0.25, 0.3) is 0 Å². The number of aliphatic hydroxyl groups excluding tert-OH is 2. The molecule has 0 aromatic heterocycles. The van der Waals surface area contributed by atoms with E-state index < -0.39 is 105 Å². The van der Waals surface area contributed by atoms with Gasteiger partial charge in [-0.05, 0) is 13.3 Å². The van der Waals surface area contributed by atoms with Crippen LogP contribution in [0.1, 0.15) is 61.3 Å². The number of amides is 1. The summed E-state index contributed by atoms with van der Waals surface area (Å²) in [5.74, 6) is -3.43. The van der Waals surface area contributed by atoms with E-state index >= 15 is 0 Å². The second-order valence-electron chi connectivity index (χ2n) is 9.88. The first-order valence-corrected chi connectivity index (χ1v) is 13.9. The molecule has 3 unspecified atom stereocenters. The molecule has 1 aliphatic rings. The smallest absolute Gasteiger partial charge is 0.303 e. The Kier molecular flexibility index (Phi) is 17.2. The monoisotopic (exact) mass is 623 g/mol. The zero-order chi connectivity index (χ0) is 32.7. The van der Waals surface area contributed by atoms with Gasteiger partial charge in [0.2, 0.25) is 5.91 Å². The molecule has 3 N–H and O–H groups in total. The molecule has 1 fully saturated rings. The van der Waals surface area contributed by atoms with Crippen molar-refractivity contribution in [3.63, 3.8) is 0 Å². The number of carbonyl (C=O) groups is 5. The molecule has 16 nitrogen and oxygen atoms in total. The first-order chi connectivity index (χ1) is 20.2. The SMILES string of the molecule is CCCCO[C@@H]1OC(CO)[C@@H](O)C(O[C@H](OC(COC(C)=O)[C@@H](COC(C)=O)OC(C)=O)[C@H](C)OC(C)=O)[C@@H]1NC(C)=O. The highest BCUT2D eigenvalue weighted by atomic mass is 16.7. The molecule has 0 saturated carbocycles. The van der Waals surface area contributed by atoms with Crippen molar-refractivity contribution in [2.75, 3.05) is 26.4 Å². The molecule has 9 atom stereocenters. The van der Waals surface area contributed by atoms with Crippen molar-refractivity contribution in [1.29, 1.82) is 0 Å². The summed E-state index contributed by atoms with van der Waals surface area (Å²) in [4.78, 5) is 59.0. The highest BCUT2D eigenvalue weighted by molar-refractivity contribution is 5.73. The molecule has 1 amide bonds. The molecule has 43 heavy (non-hydrogen) atoms. The third-order valence-electron chi connectivity index (χ3n) is 5.97. The van der Waals surface area contributed by atoms with Crippen LogP contribution >= 0.6 is 0 Å². The number of aliphatic hydroxyl groups is 2. The van der Waals surface area contributed by atoms with E-state index in [1.54, 1.807) is 0 Å². The van der Waals surface area contributed by atoms with E-state index in [-0.39, 0.29) is 6.61 Å². The molecule has 1 rings (SSSR count). The molecule has 0 aromatic carbocycles. The maximum atomic E-state index is 12.2. The van der Waals surface area contributed by atoms with Gasteiger partial charge in [-0.25, -0.2) is 0 Å². The Morgan fingerprint density at radius 1 is 0.884 bits per heavy atom. The number of carbonyl (C=O) groups excluding carboxylic acids is 5. The van der Waals surface area contributed by atoms with Gasteiger partial charge in [0.05, 0.1) is 6.61 Å². The van der Waals surface area contributed by atoms with Gasteiger partial charge in [-0.2, -0.15) is 0 Å². The van der Waals surface area contributed by atoms with E-state index in [0.29, 0.717) is 6.42 Å². The van der Waals surface area contributed by atoms with Gasteiger partial charge in [-0.3, -0.25) is 24.0 Å². The van der Waals surface area contributed by atoms with Crippen LogP contribution in [0.5, 0.6) is 0 Å². The maximum absolute atomic E-state index is 12.2. The number of rotatable bonds is 18. The predicted octanol–water partition coefficient (Wildman–Crippen LogP) is -0.508. The average molecular weight is 624 g/mol. The molecular formula is C27H45NO15. The summed E-state index contributed by atoms with van der Waals surface area (Å²) in [6.45, 7) is 7.64. The van der Waals surface area contributed by atoms with Crippen molar-refractivity contribution in [1.82, 2.24) is 5.32 Å². The van der Waals surface area contributed by atoms with Crippen LogP contribution in [0.15, 0.2) is 0 Å². The van der Waals surface area contributed by atoms with E-state index in [4.69, 9.17) is 37.9 Å². The maximum Gasteiger partial charge on any atom is 0.303 e. The summed E-state index contributed by atoms with van der Waals surface area (Å²) >= 11 is 0. The van der Waals surface area contributed by atoms with Crippen molar-refractivity contribution >= 4 is 29.8 Å². The molecule has 1 aliphatic heterocycles. The van der Waals surface area contributed by atoms with Gasteiger partial charge in [0.15, 0.2) is 18.7 Å². The standard InChI is InChI=1S/C27H45NO15/c1-8-9-10-36-27-23(28-15(3)30)25(24(35)20(11-29)41-27)43-26(14(2)39-18(6)33)42-22(13-38-17(5)32)21(40-19(7)34)12-37-16(4)31/h14,20-27,29,35H,8-13H2,1-7H3,(H,28,30)/t14-,20?,21+,22?,23-,24+,25?,26-,27+/m0/s1. The van der Waals surface area contributed by atoms with Gasteiger partial charge in [0, 0.05) is 41.2 Å². The molecule has 16 heteroatoms. The lowest BCUT2D eigenvalue weighted by Gasteiger charge is -2.45. The van der Waals surface area contributed by atoms with Gasteiger partial charge in [0.25, 0.3) is 0 Å². The molecule has 0 radical (unpaired) electrons. The van der Waals surface area contributed by atoms with Crippen LogP contribution in [0, 0.1) is 0 Å². The fraction of sp³-hybridized carbons (Fsp3) is 0.815. The Hall–Kier alpha value is -2.89. The minimum atomic E-state index is -1.58. The molecule has 1 saturated heterocycles. The molecule has 0 bridgehead atoms. The largest absolute Gasteiger partial charge is 0.463 e. The zero-order valence-corrected chi connectivity index (χ0v) is 25.6. The van der Waals surface area contributed by atoms with Gasteiger partial charge in [-0.1, -0.05) is 13.3 Å². The average Bonchev–Trinajstić information content (AvgIpc) is 2.90. The molecule has 0 aromatic rings. The summed E-state index contributed by atoms with van der Waals surface area (Å²) in [6, 6.07) is -1.14. The highest BCUT2D eigenvalue weighted by Gasteiger charge is 2.49. The number of unbranched alkanes of at least 4 members (excludes halogenated alkanes) is 1. The first-order valence-electron chi connectivity index (χ1n) is 13.9. The first kappa shape index (κ1) is 38.1. The Bertz CT molecular complexity index is 915. The van der Waals surface area contributed by atoms with Gasteiger partial charge < -0.3 is 53.4 Å². The van der Waals surface area contributed by atoms with E-state index in [9.17, 15) is 34.2 Å². The lowest BCUT2D eigenvalue weighted by molar-refractivity contribution is -0.319. The normalized spacial score (nSPS) is 24.5. The highest BCUT2D eigenvalue weighted by Crippen LogP contribution is 2.28. The van der Waals surface area contributed by atoms with Crippen LogP contribution in [0.3, 0.4) is 0 Å². The topological polar surface area (TPSA) is 212 Å². The minimum absolute atomic E-state index is 0.229. The Labute approximate surface area is 250 Å². The minimum Gasteiger partial charge on any atom is -0.463 e. The summed E-state index contributed by atoms with van der Waals surface area (Å²) < 4.78 is 44.4. The van der Waals surface area contributed by atoms with Crippen LogP contribution in [0.2, 0.25) is 0 Å². The van der Waals surface area contributed by atoms with Crippen LogP contribution < -0.4 is 5.32 Å². The summed E-state index contributed by atoms with van der Waals surface area (Å²) in [7, 11) is 0. The summed E-state index contributed by atoms with van der Waals surface area (Å²) in [5, 5.41) is 23.7. The second-order valence-corrected chi connectivity index (χ2v) is 9.88. The fourth-order valence-corrected chi connectivity index (χ4v) is 4.07. The third kappa shape index (κ3) is 14.0. The third-order valence-corrected chi connectivity index (χ3v) is 5.97. The van der Waals surface area contributed by atoms with Crippen molar-refractivity contribution in [3.05, 3.63) is 0 Å². The van der Waals surface area contributed by atoms with E-state index in [0.717, 1.165) is 34.1 Å². The number of hydrogen-bond acceptors (Lipinski definition) is 15. The van der Waals surface area contributed by atoms with Gasteiger partial charge in [-0.15, -0.1) is 0 Å². The summed E-state index contributed by atoms with van der Waals surface area (Å²) in [5.41, 5.74) is 0. The number of nitrogens with one attached hydrogen (secondary N) is 1. The van der Waals surface area contributed by atoms with Crippen LogP contribution in [-0.2, 0) is 61.9 Å². The predicted molar refractivity (Wildman–Crippen MR) is 144 cm³/mol. The lowest BCUT2D eigenvalue weighted by atomic mass is 9.96. The van der Waals surface area contributed by atoms with Crippen molar-refractivity contribution in [2.24, 2.45) is 0 Å². The van der Waals surface area contributed by atoms with E-state index in [1.807, 2.05) is 6.92 Å². The quantitative estimate of drug-likeness (QED) is 0.0759. The zero-order valence-electron chi connectivity index (χ0n) is 25.6. The Morgan fingerprint density at radius 2 is 1.47 bits per heavy atom. The van der Waals surface area contributed by atoms with Crippen molar-refractivity contribution in [3.8, 4) is 0 Å². The van der Waals surface area contributed by atoms with Crippen LogP contribution in [-0.4, -0.2) is 122 Å². The Morgan fingerprint density at radius 3 is 1.95 bits per heavy atom. The van der Waals surface area contributed by atoms with E-state index in [1.165, 1.54) is 13.8 Å². The fourth-order valence-electron chi connectivity index (χ4n) is 4.07. The molecule has 1 heterocycles. The lowest BCUT2D eigenvalue weighted by Crippen LogP contribution is -2.66. The number of esters is 4. The van der Waals surface area contributed by atoms with Crippen LogP contribution in [0.4, 0.5) is 0 Å². The molecule has 0 aliphatic carbocycles. The molecular weight excluding hydrogens is 578 g/mol. The summed E-state index contributed by atoms with van der Waals surface area (Å²) in [6.07, 6.45) is -9.32. The van der Waals surface area contributed by atoms with Crippen molar-refractivity contribution in [2.45, 2.75) is 117 Å². The number of hydrogen-bond donors (Lipinski definition) is 3. The molecule has 0 spiro atoms. The van der Waals surface area contributed by atoms with Crippen molar-refractivity contribution < 1.29 is 72.1 Å². The second kappa shape index (κ2) is 19.4.